The highest BCUT2D eigenvalue weighted by molar-refractivity contribution is 5.93. The first-order valence-corrected chi connectivity index (χ1v) is 10.9. The minimum absolute atomic E-state index is 0.148. The molecule has 174 valence electrons. The molecule has 1 fully saturated rings. The number of hydrogen-bond acceptors (Lipinski definition) is 8. The Kier molecular flexibility index (Phi) is 7.44. The second-order valence-corrected chi connectivity index (χ2v) is 7.73. The van der Waals surface area contributed by atoms with Crippen LogP contribution >= 0.6 is 0 Å². The number of aromatic nitrogens is 3. The van der Waals surface area contributed by atoms with Gasteiger partial charge >= 0.3 is 5.97 Å². The molecule has 1 saturated carbocycles. The third-order valence-corrected chi connectivity index (χ3v) is 5.26. The molecule has 2 aromatic carbocycles. The molecule has 34 heavy (non-hydrogen) atoms. The lowest BCUT2D eigenvalue weighted by Gasteiger charge is -2.25. The number of hydrogen-bond donors (Lipinski definition) is 1. The first kappa shape index (κ1) is 22.9. The van der Waals surface area contributed by atoms with Gasteiger partial charge in [-0.1, -0.05) is 53.7 Å². The highest BCUT2D eigenvalue weighted by Gasteiger charge is 2.22. The Bertz CT molecular complexity index is 1190. The van der Waals surface area contributed by atoms with Crippen LogP contribution in [0.25, 0.3) is 11.3 Å². The van der Waals surface area contributed by atoms with Crippen LogP contribution in [0.3, 0.4) is 0 Å². The molecule has 1 N–H and O–H groups in total. The molecule has 0 aliphatic heterocycles. The Balaban J connectivity index is 0.000000162. The van der Waals surface area contributed by atoms with Gasteiger partial charge in [0.1, 0.15) is 0 Å². The van der Waals surface area contributed by atoms with Crippen molar-refractivity contribution in [3.8, 4) is 11.3 Å². The second kappa shape index (κ2) is 11.0. The second-order valence-electron chi connectivity index (χ2n) is 7.73. The maximum Gasteiger partial charge on any atom is 0.338 e. The fraction of sp³-hybridized carbons (Fsp3) is 0.240. The lowest BCUT2D eigenvalue weighted by Crippen LogP contribution is -2.39. The molecule has 9 nitrogen and oxygen atoms in total. The summed E-state index contributed by atoms with van der Waals surface area (Å²) in [7, 11) is 0. The average Bonchev–Trinajstić information content (AvgIpc) is 3.56. The molecule has 2 aromatic heterocycles. The van der Waals surface area contributed by atoms with E-state index in [0.717, 1.165) is 18.4 Å². The number of rotatable bonds is 6. The Hall–Kier alpha value is -4.27. The molecule has 4 aromatic rings. The maximum absolute atomic E-state index is 11.9. The van der Waals surface area contributed by atoms with Crippen molar-refractivity contribution in [2.45, 2.75) is 38.3 Å². The number of ether oxygens (including phenoxy) is 1. The smallest absolute Gasteiger partial charge is 0.338 e. The molecule has 1 aliphatic rings. The Morgan fingerprint density at radius 2 is 1.76 bits per heavy atom. The molecule has 2 heterocycles. The zero-order valence-corrected chi connectivity index (χ0v) is 18.6. The third-order valence-electron chi connectivity index (χ3n) is 5.26. The average molecular weight is 460 g/mol. The van der Waals surface area contributed by atoms with Gasteiger partial charge in [-0.15, -0.1) is 10.2 Å². The zero-order chi connectivity index (χ0) is 23.8. The summed E-state index contributed by atoms with van der Waals surface area (Å²) in [4.78, 5) is 23.5. The Morgan fingerprint density at radius 3 is 2.38 bits per heavy atom. The molecule has 0 bridgehead atoms. The molecule has 0 saturated heterocycles. The number of benzene rings is 2. The highest BCUT2D eigenvalue weighted by atomic mass is 16.6. The number of nitrogens with zero attached hydrogens (tertiary/aromatic N) is 3. The van der Waals surface area contributed by atoms with E-state index in [4.69, 9.17) is 13.7 Å². The summed E-state index contributed by atoms with van der Waals surface area (Å²) in [6.45, 7) is 1.67. The van der Waals surface area contributed by atoms with Crippen molar-refractivity contribution >= 4 is 11.9 Å². The molecule has 0 spiro atoms. The van der Waals surface area contributed by atoms with Crippen LogP contribution < -0.4 is 5.32 Å². The van der Waals surface area contributed by atoms with Crippen molar-refractivity contribution in [3.63, 3.8) is 0 Å². The largest absolute Gasteiger partial charge is 0.449 e. The monoisotopic (exact) mass is 460 g/mol. The summed E-state index contributed by atoms with van der Waals surface area (Å²) < 4.78 is 15.3. The summed E-state index contributed by atoms with van der Waals surface area (Å²) in [5, 5.41) is 13.9. The van der Waals surface area contributed by atoms with E-state index in [1.807, 2.05) is 36.4 Å². The summed E-state index contributed by atoms with van der Waals surface area (Å²) in [5.74, 6) is 0.343. The van der Waals surface area contributed by atoms with Gasteiger partial charge in [-0.05, 0) is 38.3 Å². The van der Waals surface area contributed by atoms with Gasteiger partial charge in [-0.2, -0.15) is 0 Å². The molecular weight excluding hydrogens is 436 g/mol. The summed E-state index contributed by atoms with van der Waals surface area (Å²) in [6.07, 6.45) is 3.97. The predicted molar refractivity (Wildman–Crippen MR) is 122 cm³/mol. The van der Waals surface area contributed by atoms with Gasteiger partial charge in [0, 0.05) is 17.7 Å². The first-order valence-electron chi connectivity index (χ1n) is 10.9. The molecule has 1 amide bonds. The third kappa shape index (κ3) is 5.94. The van der Waals surface area contributed by atoms with Crippen molar-refractivity contribution in [3.05, 3.63) is 90.3 Å². The van der Waals surface area contributed by atoms with Crippen molar-refractivity contribution in [2.24, 2.45) is 0 Å². The number of nitrogens with one attached hydrogen (secondary N) is 1. The Morgan fingerprint density at radius 1 is 1.06 bits per heavy atom. The van der Waals surface area contributed by atoms with Crippen LogP contribution in [0.5, 0.6) is 0 Å². The normalized spacial score (nSPS) is 13.7. The van der Waals surface area contributed by atoms with E-state index >= 15 is 0 Å². The lowest BCUT2D eigenvalue weighted by atomic mass is 9.93. The van der Waals surface area contributed by atoms with Gasteiger partial charge in [0.05, 0.1) is 5.56 Å². The first-order chi connectivity index (χ1) is 16.6. The molecular formula is C25H24N4O5. The number of esters is 1. The van der Waals surface area contributed by atoms with Gasteiger partial charge in [-0.3, -0.25) is 4.79 Å². The van der Waals surface area contributed by atoms with Gasteiger partial charge in [-0.25, -0.2) is 4.79 Å². The standard InChI is InChI=1S/C14H14N2O2.C11H10N2O3/c17-14(15-11-7-4-8-11)12-9-13(18-16-12)10-5-2-1-3-6-10;1-8(10-13-12-7-15-10)16-11(14)9-5-3-2-4-6-9/h1-3,5-6,9,11H,4,7-8H2,(H,15,17);2-8H,1H3. The van der Waals surface area contributed by atoms with Crippen LogP contribution in [0, 0.1) is 0 Å². The van der Waals surface area contributed by atoms with Gasteiger partial charge in [0.15, 0.2) is 17.6 Å². The van der Waals surface area contributed by atoms with E-state index in [2.05, 4.69) is 20.7 Å². The van der Waals surface area contributed by atoms with Crippen molar-refractivity contribution in [2.75, 3.05) is 0 Å². The lowest BCUT2D eigenvalue weighted by molar-refractivity contribution is 0.0278. The van der Waals surface area contributed by atoms with Crippen LogP contribution in [0.2, 0.25) is 0 Å². The maximum atomic E-state index is 11.9. The number of amides is 1. The van der Waals surface area contributed by atoms with Gasteiger partial charge < -0.3 is 19.0 Å². The molecule has 0 radical (unpaired) electrons. The molecule has 1 unspecified atom stereocenters. The number of carbonyl (C=O) groups is 2. The van der Waals surface area contributed by atoms with E-state index in [1.54, 1.807) is 37.3 Å². The molecule has 5 rings (SSSR count). The van der Waals surface area contributed by atoms with Crippen molar-refractivity contribution < 1.29 is 23.3 Å². The molecule has 1 aliphatic carbocycles. The van der Waals surface area contributed by atoms with E-state index in [0.29, 0.717) is 23.1 Å². The minimum Gasteiger partial charge on any atom is -0.449 e. The fourth-order valence-corrected chi connectivity index (χ4v) is 3.14. The van der Waals surface area contributed by atoms with E-state index < -0.39 is 12.1 Å². The molecule has 9 heteroatoms. The fourth-order valence-electron chi connectivity index (χ4n) is 3.14. The quantitative estimate of drug-likeness (QED) is 0.414. The summed E-state index contributed by atoms with van der Waals surface area (Å²) in [6, 6.07) is 20.4. The van der Waals surface area contributed by atoms with Crippen molar-refractivity contribution in [1.82, 2.24) is 20.7 Å². The van der Waals surface area contributed by atoms with E-state index in [1.165, 1.54) is 12.8 Å². The van der Waals surface area contributed by atoms with Crippen molar-refractivity contribution in [1.29, 1.82) is 0 Å². The molecule has 1 atom stereocenters. The van der Waals surface area contributed by atoms with Crippen LogP contribution in [0.1, 0.15) is 59.0 Å². The van der Waals surface area contributed by atoms with Crippen LogP contribution in [0.15, 0.2) is 82.1 Å². The van der Waals surface area contributed by atoms with Crippen LogP contribution in [-0.2, 0) is 4.74 Å². The van der Waals surface area contributed by atoms with E-state index in [-0.39, 0.29) is 11.8 Å². The topological polar surface area (TPSA) is 120 Å². The van der Waals surface area contributed by atoms with Crippen LogP contribution in [-0.4, -0.2) is 33.3 Å². The highest BCUT2D eigenvalue weighted by Crippen LogP contribution is 2.21. The summed E-state index contributed by atoms with van der Waals surface area (Å²) >= 11 is 0. The minimum atomic E-state index is -0.546. The Labute approximate surface area is 196 Å². The zero-order valence-electron chi connectivity index (χ0n) is 18.6. The van der Waals surface area contributed by atoms with Gasteiger partial charge in [0.2, 0.25) is 6.39 Å². The van der Waals surface area contributed by atoms with E-state index in [9.17, 15) is 9.59 Å². The van der Waals surface area contributed by atoms with Gasteiger partial charge in [0.25, 0.3) is 11.8 Å². The SMILES string of the molecule is CC(OC(=O)c1ccccc1)c1nnco1.O=C(NC1CCC1)c1cc(-c2ccccc2)on1. The summed E-state index contributed by atoms with van der Waals surface area (Å²) in [5.41, 5.74) is 1.77. The number of carbonyl (C=O) groups excluding carboxylic acids is 2. The van der Waals surface area contributed by atoms with Crippen LogP contribution in [0.4, 0.5) is 0 Å². The predicted octanol–water partition coefficient (Wildman–Crippen LogP) is 4.61.